The molecule has 2 heterocycles. The fourth-order valence-corrected chi connectivity index (χ4v) is 16.4. The lowest BCUT2D eigenvalue weighted by atomic mass is 9.90. The zero-order valence-electron chi connectivity index (χ0n) is 38.4. The van der Waals surface area contributed by atoms with E-state index in [0.29, 0.717) is 25.9 Å². The number of carbonyl (C=O) groups excluding carboxylic acids is 1. The van der Waals surface area contributed by atoms with Crippen LogP contribution in [0.15, 0.2) is 12.2 Å². The predicted molar refractivity (Wildman–Crippen MR) is 238 cm³/mol. The third kappa shape index (κ3) is 12.1. The highest BCUT2D eigenvalue weighted by Crippen LogP contribution is 2.49. The van der Waals surface area contributed by atoms with Gasteiger partial charge in [0.1, 0.15) is 24.6 Å². The molecule has 1 aliphatic carbocycles. The Balaban J connectivity index is 2.27. The van der Waals surface area contributed by atoms with Gasteiger partial charge in [-0.3, -0.25) is 0 Å². The number of unbranched alkanes of at least 4 members (excludes halogenated alkanes) is 1. The highest BCUT2D eigenvalue weighted by Gasteiger charge is 2.59. The number of hydrogen-bond acceptors (Lipinski definition) is 8. The van der Waals surface area contributed by atoms with E-state index in [1.807, 2.05) is 0 Å². The molecule has 322 valence electrons. The van der Waals surface area contributed by atoms with Crippen LogP contribution in [0.25, 0.3) is 0 Å². The zero-order valence-corrected chi connectivity index (χ0v) is 42.4. The molecule has 8 nitrogen and oxygen atoms in total. The van der Waals surface area contributed by atoms with Crippen molar-refractivity contribution in [3.63, 3.8) is 0 Å². The Bertz CT molecular complexity index is 1180. The Morgan fingerprint density at radius 2 is 1.25 bits per heavy atom. The molecule has 3 aliphatic rings. The van der Waals surface area contributed by atoms with Gasteiger partial charge < -0.3 is 36.7 Å². The van der Waals surface area contributed by atoms with Crippen LogP contribution >= 0.6 is 0 Å². The highest BCUT2D eigenvalue weighted by atomic mass is 28.4. The van der Waals surface area contributed by atoms with Crippen molar-refractivity contribution in [3.8, 4) is 0 Å². The van der Waals surface area contributed by atoms with Crippen LogP contribution in [0.5, 0.6) is 0 Å². The van der Waals surface area contributed by atoms with Crippen molar-refractivity contribution in [1.29, 1.82) is 0 Å². The van der Waals surface area contributed by atoms with Crippen molar-refractivity contribution in [2.75, 3.05) is 6.61 Å². The molecule has 0 aromatic carbocycles. The van der Waals surface area contributed by atoms with Gasteiger partial charge in [0, 0.05) is 25.7 Å². The molecule has 0 unspecified atom stereocenters. The van der Waals surface area contributed by atoms with Crippen LogP contribution in [0, 0.1) is 0 Å². The largest absolute Gasteiger partial charge is 0.414 e. The summed E-state index contributed by atoms with van der Waals surface area (Å²) in [6.45, 7) is 37.7. The molecule has 3 fully saturated rings. The molecule has 12 heteroatoms. The van der Waals surface area contributed by atoms with Crippen LogP contribution in [0.4, 0.5) is 0 Å². The van der Waals surface area contributed by atoms with Gasteiger partial charge in [-0.2, -0.15) is 0 Å². The van der Waals surface area contributed by atoms with Gasteiger partial charge in [-0.25, -0.2) is 0 Å². The maximum atomic E-state index is 11.3. The fraction of sp³-hybridized carbons (Fsp3) is 0.930. The van der Waals surface area contributed by atoms with Gasteiger partial charge in [-0.15, -0.1) is 0 Å². The lowest BCUT2D eigenvalue weighted by Crippen LogP contribution is -2.65. The Morgan fingerprint density at radius 1 is 0.727 bits per heavy atom. The molecule has 0 bridgehead atoms. The zero-order chi connectivity index (χ0) is 41.5. The first-order valence-electron chi connectivity index (χ1n) is 22.3. The number of ether oxygens (including phenoxy) is 3. The monoisotopic (exact) mass is 843 g/mol. The number of hydrogen-bond donors (Lipinski definition) is 0. The molecular formula is C43H86O8Si4. The maximum absolute atomic E-state index is 11.3. The highest BCUT2D eigenvalue weighted by molar-refractivity contribution is 6.75. The summed E-state index contributed by atoms with van der Waals surface area (Å²) in [7, 11) is -8.67. The lowest BCUT2D eigenvalue weighted by molar-refractivity contribution is -0.231. The average molecular weight is 843 g/mol. The van der Waals surface area contributed by atoms with Crippen LogP contribution < -0.4 is 0 Å². The van der Waals surface area contributed by atoms with E-state index in [9.17, 15) is 4.79 Å². The third-order valence-corrected chi connectivity index (χ3v) is 33.0. The molecule has 55 heavy (non-hydrogen) atoms. The van der Waals surface area contributed by atoms with Crippen molar-refractivity contribution in [2.24, 2.45) is 0 Å². The topological polar surface area (TPSA) is 81.7 Å². The Morgan fingerprint density at radius 3 is 1.75 bits per heavy atom. The second-order valence-electron chi connectivity index (χ2n) is 20.0. The van der Waals surface area contributed by atoms with Gasteiger partial charge >= 0.3 is 0 Å². The Kier molecular flexibility index (Phi) is 18.0. The first kappa shape index (κ1) is 49.4. The van der Waals surface area contributed by atoms with E-state index in [0.717, 1.165) is 68.2 Å². The molecule has 3 rings (SSSR count). The summed E-state index contributed by atoms with van der Waals surface area (Å²) in [5, 5.41) is -0.0168. The SMILES string of the molecule is CC[Si](CC)(CC)OC[C@@H](O[Si](CC)(CC)CC)[C@H]1C[C@@H](O[Si](C)(C)C(C)(C)C)[C@@H](O[Si](C)(C)C(C)(C)C)[C@H]([C@H]2OC3(CCCC3)O[C@@H]2/C=C/CCC=O)O1. The smallest absolute Gasteiger partial charge is 0.192 e. The molecule has 7 atom stereocenters. The van der Waals surface area contributed by atoms with Gasteiger partial charge in [0.25, 0.3) is 0 Å². The minimum atomic E-state index is -2.35. The number of rotatable bonds is 21. The van der Waals surface area contributed by atoms with Crippen molar-refractivity contribution in [3.05, 3.63) is 12.2 Å². The quantitative estimate of drug-likeness (QED) is 0.0489. The summed E-state index contributed by atoms with van der Waals surface area (Å²) in [5.41, 5.74) is 0. The first-order valence-corrected chi connectivity index (χ1v) is 33.2. The van der Waals surface area contributed by atoms with Gasteiger partial charge in [0.2, 0.25) is 0 Å². The van der Waals surface area contributed by atoms with Crippen LogP contribution in [0.1, 0.15) is 128 Å². The van der Waals surface area contributed by atoms with E-state index < -0.39 is 51.3 Å². The van der Waals surface area contributed by atoms with Crippen LogP contribution in [-0.4, -0.2) is 94.7 Å². The van der Waals surface area contributed by atoms with E-state index in [-0.39, 0.29) is 40.6 Å². The molecule has 0 amide bonds. The molecule has 0 aromatic rings. The molecule has 0 N–H and O–H groups in total. The van der Waals surface area contributed by atoms with Gasteiger partial charge in [-0.1, -0.05) is 95.2 Å². The Hall–Kier alpha value is -0.00247. The second kappa shape index (κ2) is 20.0. The molecule has 0 aromatic heterocycles. The normalized spacial score (nSPS) is 27.7. The number of aldehydes is 1. The fourth-order valence-electron chi connectivity index (χ4n) is 8.20. The average Bonchev–Trinajstić information content (AvgIpc) is 3.74. The molecular weight excluding hydrogens is 757 g/mol. The molecule has 2 saturated heterocycles. The van der Waals surface area contributed by atoms with E-state index in [4.69, 9.17) is 31.9 Å². The van der Waals surface area contributed by atoms with E-state index in [1.165, 1.54) is 0 Å². The van der Waals surface area contributed by atoms with Gasteiger partial charge in [0.15, 0.2) is 39.1 Å². The summed E-state index contributed by atoms with van der Waals surface area (Å²) < 4.78 is 51.7. The predicted octanol–water partition coefficient (Wildman–Crippen LogP) is 11.9. The van der Waals surface area contributed by atoms with E-state index in [1.54, 1.807) is 0 Å². The second-order valence-corrected chi connectivity index (χ2v) is 39.1. The third-order valence-electron chi connectivity index (χ3n) is 14.7. The lowest BCUT2D eigenvalue weighted by Gasteiger charge is -2.53. The van der Waals surface area contributed by atoms with Gasteiger partial charge in [0.05, 0.1) is 31.0 Å². The van der Waals surface area contributed by atoms with E-state index in [2.05, 4.69) is 121 Å². The van der Waals surface area contributed by atoms with Crippen molar-refractivity contribution >= 4 is 39.6 Å². The van der Waals surface area contributed by atoms with Crippen molar-refractivity contribution in [1.82, 2.24) is 0 Å². The van der Waals surface area contributed by atoms with Crippen molar-refractivity contribution in [2.45, 2.75) is 249 Å². The Labute approximate surface area is 342 Å². The maximum Gasteiger partial charge on any atom is 0.192 e. The summed E-state index contributed by atoms with van der Waals surface area (Å²) in [6.07, 6.45) is 8.64. The van der Waals surface area contributed by atoms with Gasteiger partial charge in [-0.05, 0) is 91.8 Å². The van der Waals surface area contributed by atoms with Crippen LogP contribution in [-0.2, 0) is 36.7 Å². The molecule has 0 radical (unpaired) electrons. The summed E-state index contributed by atoms with van der Waals surface area (Å²) in [5.74, 6) is -0.639. The first-order chi connectivity index (χ1) is 25.6. The molecule has 1 saturated carbocycles. The standard InChI is InChI=1S/C43H86O8Si4/c1-17-54(18-2,19-3)45-33-37(50-55(20-4,21-5)22-6)35-32-36(49-52(13,14)41(7,8)9)39(51-53(15,16)42(10,11)12)40(46-35)38-34(28-24-23-27-31-44)47-43(48-38)29-25-26-30-43/h24,28,31,34-40H,17-23,25-27,29-30,32-33H2,1-16H3/b28-24+/t34-,35-,36-,37-,38+,39-,40+/m1/s1. The molecule has 1 spiro atoms. The summed E-state index contributed by atoms with van der Waals surface area (Å²) in [4.78, 5) is 11.3. The summed E-state index contributed by atoms with van der Waals surface area (Å²) >= 11 is 0. The number of carbonyl (C=O) groups is 1. The van der Waals surface area contributed by atoms with Crippen LogP contribution in [0.3, 0.4) is 0 Å². The van der Waals surface area contributed by atoms with Crippen LogP contribution in [0.2, 0.25) is 72.5 Å². The minimum absolute atomic E-state index is 0.00480. The summed E-state index contributed by atoms with van der Waals surface area (Å²) in [6, 6.07) is 6.44. The number of allylic oxidation sites excluding steroid dienone is 1. The van der Waals surface area contributed by atoms with Crippen molar-refractivity contribution < 1.29 is 36.7 Å². The van der Waals surface area contributed by atoms with E-state index >= 15 is 0 Å². The molecule has 2 aliphatic heterocycles. The minimum Gasteiger partial charge on any atom is -0.414 e.